The molecule has 3 N–H and O–H groups in total. The first-order valence-corrected chi connectivity index (χ1v) is 5.85. The fourth-order valence-electron chi connectivity index (χ4n) is 1.83. The van der Waals surface area contributed by atoms with Crippen molar-refractivity contribution in [3.63, 3.8) is 0 Å². The second-order valence-electron chi connectivity index (χ2n) is 4.18. The van der Waals surface area contributed by atoms with Crippen LogP contribution < -0.4 is 10.6 Å². The summed E-state index contributed by atoms with van der Waals surface area (Å²) in [5.41, 5.74) is 6.62. The van der Waals surface area contributed by atoms with E-state index in [0.717, 1.165) is 4.90 Å². The molecule has 0 spiro atoms. The van der Waals surface area contributed by atoms with Crippen LogP contribution in [0.15, 0.2) is 24.3 Å². The van der Waals surface area contributed by atoms with Gasteiger partial charge in [-0.05, 0) is 12.1 Å². The third kappa shape index (κ3) is 3.27. The molecule has 0 unspecified atom stereocenters. The molecule has 2 aromatic rings. The molecule has 0 radical (unpaired) electrons. The largest absolute Gasteiger partial charge is 0.405 e. The minimum Gasteiger partial charge on any atom is -0.395 e. The van der Waals surface area contributed by atoms with Crippen molar-refractivity contribution >= 4 is 22.7 Å². The maximum absolute atomic E-state index is 12.5. The van der Waals surface area contributed by atoms with E-state index in [1.54, 1.807) is 24.3 Å². The van der Waals surface area contributed by atoms with Crippen molar-refractivity contribution in [1.82, 2.24) is 9.97 Å². The number of halogens is 3. The molecule has 0 atom stereocenters. The lowest BCUT2D eigenvalue weighted by molar-refractivity contribution is -0.119. The van der Waals surface area contributed by atoms with E-state index in [9.17, 15) is 13.2 Å². The van der Waals surface area contributed by atoms with Gasteiger partial charge >= 0.3 is 6.18 Å². The van der Waals surface area contributed by atoms with Gasteiger partial charge in [0.05, 0.1) is 17.6 Å². The van der Waals surface area contributed by atoms with Gasteiger partial charge in [-0.2, -0.15) is 13.2 Å². The van der Waals surface area contributed by atoms with Crippen LogP contribution >= 0.6 is 0 Å². The second kappa shape index (κ2) is 5.49. The molecule has 108 valence electrons. The topological polar surface area (TPSA) is 75.3 Å². The number of nitrogen functional groups attached to an aromatic ring is 1. The molecule has 1 aromatic heterocycles. The van der Waals surface area contributed by atoms with E-state index >= 15 is 0 Å². The zero-order valence-corrected chi connectivity index (χ0v) is 10.4. The fourth-order valence-corrected chi connectivity index (χ4v) is 1.83. The number of aliphatic hydroxyl groups is 1. The van der Waals surface area contributed by atoms with Gasteiger partial charge in [0.2, 0.25) is 0 Å². The number of para-hydroxylation sites is 2. The molecule has 0 aliphatic carbocycles. The maximum atomic E-state index is 12.5. The zero-order valence-electron chi connectivity index (χ0n) is 10.4. The quantitative estimate of drug-likeness (QED) is 0.892. The van der Waals surface area contributed by atoms with E-state index in [4.69, 9.17) is 10.8 Å². The first-order chi connectivity index (χ1) is 9.40. The molecule has 20 heavy (non-hydrogen) atoms. The maximum Gasteiger partial charge on any atom is 0.405 e. The molecule has 0 saturated carbocycles. The predicted molar refractivity (Wildman–Crippen MR) is 69.3 cm³/mol. The summed E-state index contributed by atoms with van der Waals surface area (Å²) in [6, 6.07) is 6.74. The summed E-state index contributed by atoms with van der Waals surface area (Å²) in [6.07, 6.45) is -4.42. The number of rotatable bonds is 4. The number of hydrogen-bond acceptors (Lipinski definition) is 5. The van der Waals surface area contributed by atoms with Crippen LogP contribution in [0.2, 0.25) is 0 Å². The van der Waals surface area contributed by atoms with Crippen LogP contribution in [-0.2, 0) is 0 Å². The van der Waals surface area contributed by atoms with Gasteiger partial charge in [-0.1, -0.05) is 12.1 Å². The number of benzene rings is 1. The van der Waals surface area contributed by atoms with E-state index in [2.05, 4.69) is 9.97 Å². The number of alkyl halides is 3. The van der Waals surface area contributed by atoms with E-state index in [1.165, 1.54) is 0 Å². The summed E-state index contributed by atoms with van der Waals surface area (Å²) in [6.45, 7) is -1.91. The Morgan fingerprint density at radius 3 is 2.30 bits per heavy atom. The van der Waals surface area contributed by atoms with Crippen molar-refractivity contribution in [2.45, 2.75) is 6.18 Å². The lowest BCUT2D eigenvalue weighted by atomic mass is 10.3. The smallest absolute Gasteiger partial charge is 0.395 e. The summed E-state index contributed by atoms with van der Waals surface area (Å²) < 4.78 is 37.6. The van der Waals surface area contributed by atoms with Gasteiger partial charge in [-0.25, -0.2) is 9.97 Å². The molecule has 0 aliphatic heterocycles. The first kappa shape index (κ1) is 14.3. The third-order valence-electron chi connectivity index (χ3n) is 2.62. The Bertz CT molecular complexity index is 603. The van der Waals surface area contributed by atoms with E-state index < -0.39 is 19.3 Å². The van der Waals surface area contributed by atoms with E-state index in [1.807, 2.05) is 0 Å². The molecular weight excluding hydrogens is 273 g/mol. The standard InChI is InChI=1S/C12H13F3N4O/c13-12(14,15)7-19(5-6-20)11-10(16)17-8-3-1-2-4-9(8)18-11/h1-4,20H,5-7H2,(H2,16,17). The summed E-state index contributed by atoms with van der Waals surface area (Å²) in [7, 11) is 0. The summed E-state index contributed by atoms with van der Waals surface area (Å²) in [5, 5.41) is 8.90. The van der Waals surface area contributed by atoms with E-state index in [0.29, 0.717) is 11.0 Å². The lowest BCUT2D eigenvalue weighted by Gasteiger charge is -2.24. The van der Waals surface area contributed by atoms with Crippen LogP contribution in [0.25, 0.3) is 11.0 Å². The van der Waals surface area contributed by atoms with Gasteiger partial charge in [0.1, 0.15) is 6.54 Å². The number of nitrogens with two attached hydrogens (primary N) is 1. The van der Waals surface area contributed by atoms with Crippen molar-refractivity contribution in [2.24, 2.45) is 0 Å². The van der Waals surface area contributed by atoms with Gasteiger partial charge in [-0.15, -0.1) is 0 Å². The highest BCUT2D eigenvalue weighted by molar-refractivity contribution is 5.79. The third-order valence-corrected chi connectivity index (χ3v) is 2.62. The summed E-state index contributed by atoms with van der Waals surface area (Å²) in [4.78, 5) is 9.01. The number of aromatic nitrogens is 2. The highest BCUT2D eigenvalue weighted by atomic mass is 19.4. The molecule has 0 bridgehead atoms. The average Bonchev–Trinajstić information content (AvgIpc) is 2.36. The lowest BCUT2D eigenvalue weighted by Crippen LogP contribution is -2.37. The first-order valence-electron chi connectivity index (χ1n) is 5.85. The highest BCUT2D eigenvalue weighted by Crippen LogP contribution is 2.25. The Morgan fingerprint density at radius 1 is 1.15 bits per heavy atom. The molecule has 5 nitrogen and oxygen atoms in total. The number of nitrogens with zero attached hydrogens (tertiary/aromatic N) is 3. The van der Waals surface area contributed by atoms with Crippen LogP contribution in [0.4, 0.5) is 24.8 Å². The molecule has 2 rings (SSSR count). The fraction of sp³-hybridized carbons (Fsp3) is 0.333. The second-order valence-corrected chi connectivity index (χ2v) is 4.18. The molecule has 0 fully saturated rings. The van der Waals surface area contributed by atoms with Crippen molar-refractivity contribution in [3.8, 4) is 0 Å². The average molecular weight is 286 g/mol. The van der Waals surface area contributed by atoms with Gasteiger partial charge in [0.15, 0.2) is 11.6 Å². The Balaban J connectivity index is 2.44. The number of hydrogen-bond donors (Lipinski definition) is 2. The molecule has 0 saturated heterocycles. The zero-order chi connectivity index (χ0) is 14.8. The predicted octanol–water partition coefficient (Wildman–Crippen LogP) is 1.57. The van der Waals surface area contributed by atoms with Crippen LogP contribution in [-0.4, -0.2) is 40.9 Å². The monoisotopic (exact) mass is 286 g/mol. The van der Waals surface area contributed by atoms with Crippen molar-refractivity contribution < 1.29 is 18.3 Å². The highest BCUT2D eigenvalue weighted by Gasteiger charge is 2.32. The number of fused-ring (bicyclic) bond motifs is 1. The Kier molecular flexibility index (Phi) is 3.93. The normalized spacial score (nSPS) is 11.8. The van der Waals surface area contributed by atoms with Crippen molar-refractivity contribution in [2.75, 3.05) is 30.3 Å². The molecule has 1 heterocycles. The van der Waals surface area contributed by atoms with Crippen molar-refractivity contribution in [1.29, 1.82) is 0 Å². The molecule has 0 aliphatic rings. The van der Waals surface area contributed by atoms with Crippen molar-refractivity contribution in [3.05, 3.63) is 24.3 Å². The van der Waals surface area contributed by atoms with Gasteiger partial charge < -0.3 is 15.7 Å². The molecule has 1 aromatic carbocycles. The van der Waals surface area contributed by atoms with Gasteiger partial charge in [0.25, 0.3) is 0 Å². The van der Waals surface area contributed by atoms with Gasteiger partial charge in [-0.3, -0.25) is 0 Å². The molecule has 8 heteroatoms. The summed E-state index contributed by atoms with van der Waals surface area (Å²) >= 11 is 0. The van der Waals surface area contributed by atoms with Gasteiger partial charge in [0, 0.05) is 6.54 Å². The van der Waals surface area contributed by atoms with Crippen LogP contribution in [0.5, 0.6) is 0 Å². The van der Waals surface area contributed by atoms with Crippen LogP contribution in [0.1, 0.15) is 0 Å². The molecule has 0 amide bonds. The Morgan fingerprint density at radius 2 is 1.75 bits per heavy atom. The number of anilines is 2. The molecular formula is C12H13F3N4O. The SMILES string of the molecule is Nc1nc2ccccc2nc1N(CCO)CC(F)(F)F. The van der Waals surface area contributed by atoms with E-state index in [-0.39, 0.29) is 18.2 Å². The minimum absolute atomic E-state index is 0.0740. The number of aliphatic hydroxyl groups excluding tert-OH is 1. The summed E-state index contributed by atoms with van der Waals surface area (Å²) in [5.74, 6) is -0.170. The Hall–Kier alpha value is -2.09. The van der Waals surface area contributed by atoms with Crippen LogP contribution in [0, 0.1) is 0 Å². The Labute approximate surface area is 112 Å². The van der Waals surface area contributed by atoms with Crippen LogP contribution in [0.3, 0.4) is 0 Å². The minimum atomic E-state index is -4.42.